The molecule has 1 aromatic carbocycles. The zero-order chi connectivity index (χ0) is 17.8. The number of nitriles is 1. The summed E-state index contributed by atoms with van der Waals surface area (Å²) in [6.45, 7) is 0.423. The van der Waals surface area contributed by atoms with E-state index in [-0.39, 0.29) is 18.3 Å². The van der Waals surface area contributed by atoms with Crippen LogP contribution in [0.4, 0.5) is 0 Å². The highest BCUT2D eigenvalue weighted by atomic mass is 16.5. The first-order chi connectivity index (χ1) is 12.1. The summed E-state index contributed by atoms with van der Waals surface area (Å²) in [5.74, 6) is 1.21. The number of aliphatic hydroxyl groups excluding tert-OH is 1. The van der Waals surface area contributed by atoms with Gasteiger partial charge in [-0.2, -0.15) is 5.26 Å². The number of hydrogen-bond donors (Lipinski definition) is 1. The second-order valence-electron chi connectivity index (χ2n) is 6.25. The zero-order valence-corrected chi connectivity index (χ0v) is 14.0. The van der Waals surface area contributed by atoms with E-state index in [1.165, 1.54) is 4.90 Å². The van der Waals surface area contributed by atoms with Crippen molar-refractivity contribution < 1.29 is 19.1 Å². The van der Waals surface area contributed by atoms with Gasteiger partial charge in [-0.3, -0.25) is 4.79 Å². The van der Waals surface area contributed by atoms with E-state index in [0.29, 0.717) is 29.5 Å². The molecule has 6 heteroatoms. The molecule has 0 aliphatic heterocycles. The Morgan fingerprint density at radius 2 is 2.16 bits per heavy atom. The number of carbonyl (C=O) groups excluding carboxylic acids is 1. The highest BCUT2D eigenvalue weighted by molar-refractivity contribution is 5.91. The van der Waals surface area contributed by atoms with Crippen LogP contribution in [-0.4, -0.2) is 35.6 Å². The molecule has 0 spiro atoms. The van der Waals surface area contributed by atoms with Crippen molar-refractivity contribution in [3.8, 4) is 11.8 Å². The van der Waals surface area contributed by atoms with E-state index in [1.807, 2.05) is 0 Å². The van der Waals surface area contributed by atoms with Gasteiger partial charge >= 0.3 is 0 Å². The number of furan rings is 1. The number of ether oxygens (including phenoxy) is 1. The van der Waals surface area contributed by atoms with Gasteiger partial charge in [-0.15, -0.1) is 0 Å². The summed E-state index contributed by atoms with van der Waals surface area (Å²) in [5, 5.41) is 19.0. The Kier molecular flexibility index (Phi) is 5.05. The normalized spacial score (nSPS) is 14.6. The molecule has 6 nitrogen and oxygen atoms in total. The van der Waals surface area contributed by atoms with Gasteiger partial charge in [0.05, 0.1) is 11.7 Å². The second-order valence-corrected chi connectivity index (χ2v) is 6.25. The molecular formula is C19H20N2O4. The fourth-order valence-corrected chi connectivity index (χ4v) is 2.59. The Morgan fingerprint density at radius 3 is 2.88 bits per heavy atom. The van der Waals surface area contributed by atoms with Crippen LogP contribution in [-0.2, 0) is 6.61 Å². The van der Waals surface area contributed by atoms with Gasteiger partial charge in [-0.05, 0) is 43.0 Å². The van der Waals surface area contributed by atoms with Crippen LogP contribution in [0.3, 0.4) is 0 Å². The summed E-state index contributed by atoms with van der Waals surface area (Å²) in [7, 11) is 1.65. The summed E-state index contributed by atoms with van der Waals surface area (Å²) < 4.78 is 11.1. The number of para-hydroxylation sites is 1. The number of likely N-dealkylation sites (N-methyl/N-ethyl adjacent to an activating group) is 1. The third-order valence-electron chi connectivity index (χ3n) is 4.22. The molecule has 1 aliphatic rings. The Morgan fingerprint density at radius 1 is 1.40 bits per heavy atom. The number of nitrogens with zero attached hydrogens (tertiary/aromatic N) is 2. The van der Waals surface area contributed by atoms with Crippen LogP contribution in [0, 0.1) is 17.2 Å². The number of benzene rings is 1. The van der Waals surface area contributed by atoms with Gasteiger partial charge in [-0.25, -0.2) is 0 Å². The fourth-order valence-electron chi connectivity index (χ4n) is 2.59. The van der Waals surface area contributed by atoms with E-state index in [1.54, 1.807) is 43.4 Å². The van der Waals surface area contributed by atoms with Crippen molar-refractivity contribution in [2.24, 2.45) is 5.92 Å². The number of rotatable bonds is 7. The highest BCUT2D eigenvalue weighted by Gasteiger charge is 2.31. The monoisotopic (exact) mass is 340 g/mol. The average Bonchev–Trinajstić information content (AvgIpc) is 3.38. The Balaban J connectivity index is 1.58. The van der Waals surface area contributed by atoms with Crippen molar-refractivity contribution in [1.29, 1.82) is 5.26 Å². The second kappa shape index (κ2) is 7.41. The topological polar surface area (TPSA) is 86.7 Å². The molecule has 0 bridgehead atoms. The highest BCUT2D eigenvalue weighted by Crippen LogP contribution is 2.32. The Labute approximate surface area is 146 Å². The lowest BCUT2D eigenvalue weighted by Gasteiger charge is -2.19. The van der Waals surface area contributed by atoms with Crippen LogP contribution < -0.4 is 4.74 Å². The molecule has 1 saturated carbocycles. The van der Waals surface area contributed by atoms with Gasteiger partial charge in [-0.1, -0.05) is 12.1 Å². The third-order valence-corrected chi connectivity index (χ3v) is 4.22. The summed E-state index contributed by atoms with van der Waals surface area (Å²) in [6, 6.07) is 12.3. The SMILES string of the molecule is CN(CC(O)C1CC1)C(=O)c1ccc(COc2ccccc2C#N)o1. The fraction of sp³-hybridized carbons (Fsp3) is 0.368. The van der Waals surface area contributed by atoms with Gasteiger partial charge in [0.1, 0.15) is 24.2 Å². The van der Waals surface area contributed by atoms with Crippen LogP contribution in [0.1, 0.15) is 34.7 Å². The molecule has 0 saturated heterocycles. The molecule has 1 heterocycles. The average molecular weight is 340 g/mol. The van der Waals surface area contributed by atoms with Crippen molar-refractivity contribution in [3.05, 3.63) is 53.5 Å². The van der Waals surface area contributed by atoms with Crippen molar-refractivity contribution >= 4 is 5.91 Å². The van der Waals surface area contributed by atoms with Crippen molar-refractivity contribution in [1.82, 2.24) is 4.90 Å². The molecule has 25 heavy (non-hydrogen) atoms. The molecule has 1 fully saturated rings. The summed E-state index contributed by atoms with van der Waals surface area (Å²) in [6.07, 6.45) is 1.57. The molecule has 1 amide bonds. The first kappa shape index (κ1) is 17.1. The maximum atomic E-state index is 12.3. The summed E-state index contributed by atoms with van der Waals surface area (Å²) >= 11 is 0. The molecule has 2 aromatic rings. The van der Waals surface area contributed by atoms with E-state index >= 15 is 0 Å². The molecule has 3 rings (SSSR count). The number of aliphatic hydroxyl groups is 1. The quantitative estimate of drug-likeness (QED) is 0.837. The predicted octanol–water partition coefficient (Wildman–Crippen LogP) is 2.57. The Bertz CT molecular complexity index is 789. The van der Waals surface area contributed by atoms with Crippen molar-refractivity contribution in [2.45, 2.75) is 25.6 Å². The first-order valence-corrected chi connectivity index (χ1v) is 8.22. The molecular weight excluding hydrogens is 320 g/mol. The largest absolute Gasteiger partial charge is 0.484 e. The van der Waals surface area contributed by atoms with Crippen LogP contribution in [0.5, 0.6) is 5.75 Å². The molecule has 0 radical (unpaired) electrons. The summed E-state index contributed by atoms with van der Waals surface area (Å²) in [4.78, 5) is 13.8. The Hall–Kier alpha value is -2.78. The van der Waals surface area contributed by atoms with E-state index in [9.17, 15) is 9.90 Å². The third kappa shape index (κ3) is 4.20. The molecule has 1 unspecified atom stereocenters. The van der Waals surface area contributed by atoms with Gasteiger partial charge in [0, 0.05) is 13.6 Å². The molecule has 1 aromatic heterocycles. The van der Waals surface area contributed by atoms with E-state index < -0.39 is 6.10 Å². The van der Waals surface area contributed by atoms with Crippen LogP contribution >= 0.6 is 0 Å². The molecule has 1 N–H and O–H groups in total. The maximum absolute atomic E-state index is 12.3. The van der Waals surface area contributed by atoms with Crippen LogP contribution in [0.2, 0.25) is 0 Å². The lowest BCUT2D eigenvalue weighted by molar-refractivity contribution is 0.0614. The predicted molar refractivity (Wildman–Crippen MR) is 89.9 cm³/mol. The standard InChI is InChI=1S/C19H20N2O4/c1-21(11-16(22)13-6-7-13)19(23)18-9-8-15(25-18)12-24-17-5-3-2-4-14(17)10-20/h2-5,8-9,13,16,22H,6-7,11-12H2,1H3. The minimum Gasteiger partial charge on any atom is -0.484 e. The number of carbonyl (C=O) groups is 1. The smallest absolute Gasteiger partial charge is 0.289 e. The maximum Gasteiger partial charge on any atom is 0.289 e. The molecule has 1 atom stereocenters. The van der Waals surface area contributed by atoms with Crippen LogP contribution in [0.25, 0.3) is 0 Å². The van der Waals surface area contributed by atoms with E-state index in [0.717, 1.165) is 12.8 Å². The van der Waals surface area contributed by atoms with Gasteiger partial charge < -0.3 is 19.2 Å². The van der Waals surface area contributed by atoms with Gasteiger partial charge in [0.15, 0.2) is 5.76 Å². The van der Waals surface area contributed by atoms with E-state index in [2.05, 4.69) is 6.07 Å². The first-order valence-electron chi connectivity index (χ1n) is 8.22. The van der Waals surface area contributed by atoms with Crippen LogP contribution in [0.15, 0.2) is 40.8 Å². The van der Waals surface area contributed by atoms with Crippen molar-refractivity contribution in [3.63, 3.8) is 0 Å². The van der Waals surface area contributed by atoms with E-state index in [4.69, 9.17) is 14.4 Å². The molecule has 1 aliphatic carbocycles. The zero-order valence-electron chi connectivity index (χ0n) is 14.0. The summed E-state index contributed by atoms with van der Waals surface area (Å²) in [5.41, 5.74) is 0.444. The van der Waals surface area contributed by atoms with Crippen molar-refractivity contribution in [2.75, 3.05) is 13.6 Å². The lowest BCUT2D eigenvalue weighted by atomic mass is 10.2. The van der Waals surface area contributed by atoms with Gasteiger partial charge in [0.2, 0.25) is 0 Å². The molecule has 130 valence electrons. The minimum atomic E-state index is -0.478. The number of amides is 1. The lowest BCUT2D eigenvalue weighted by Crippen LogP contribution is -2.35. The minimum absolute atomic E-state index is 0.125. The number of hydrogen-bond acceptors (Lipinski definition) is 5. The van der Waals surface area contributed by atoms with Gasteiger partial charge in [0.25, 0.3) is 5.91 Å².